The molecule has 1 aromatic carbocycles. The summed E-state index contributed by atoms with van der Waals surface area (Å²) in [5.74, 6) is -1.20. The maximum atomic E-state index is 11.6. The monoisotopic (exact) mass is 250 g/mol. The summed E-state index contributed by atoms with van der Waals surface area (Å²) in [7, 11) is 0. The van der Waals surface area contributed by atoms with Crippen LogP contribution in [0.5, 0.6) is 0 Å². The Kier molecular flexibility index (Phi) is 2.93. The zero-order valence-corrected chi connectivity index (χ0v) is 9.23. The average molecular weight is 251 g/mol. The third kappa shape index (κ3) is 2.34. The Balaban J connectivity index is 2.62. The van der Waals surface area contributed by atoms with Crippen molar-refractivity contribution >= 4 is 17.6 Å². The first-order valence-corrected chi connectivity index (χ1v) is 5.04. The molecule has 5 nitrogen and oxygen atoms in total. The van der Waals surface area contributed by atoms with Crippen LogP contribution in [0.3, 0.4) is 0 Å². The van der Waals surface area contributed by atoms with Crippen molar-refractivity contribution in [3.63, 3.8) is 0 Å². The van der Waals surface area contributed by atoms with E-state index in [9.17, 15) is 9.59 Å². The van der Waals surface area contributed by atoms with E-state index in [1.165, 1.54) is 0 Å². The first kappa shape index (κ1) is 11.3. The zero-order valence-electron chi connectivity index (χ0n) is 8.48. The molecule has 0 unspecified atom stereocenters. The van der Waals surface area contributed by atoms with Crippen LogP contribution in [0.25, 0.3) is 11.3 Å². The van der Waals surface area contributed by atoms with Gasteiger partial charge in [-0.25, -0.2) is 9.78 Å². The number of H-pyrrole nitrogens is 1. The lowest BCUT2D eigenvalue weighted by Gasteiger charge is -2.01. The lowest BCUT2D eigenvalue weighted by atomic mass is 10.1. The van der Waals surface area contributed by atoms with Crippen LogP contribution in [0.4, 0.5) is 0 Å². The van der Waals surface area contributed by atoms with Gasteiger partial charge >= 0.3 is 5.97 Å². The molecule has 0 amide bonds. The van der Waals surface area contributed by atoms with Gasteiger partial charge in [-0.1, -0.05) is 23.7 Å². The topological polar surface area (TPSA) is 83.0 Å². The molecule has 0 saturated carbocycles. The number of aromatic amines is 1. The molecule has 0 fully saturated rings. The summed E-state index contributed by atoms with van der Waals surface area (Å²) in [4.78, 5) is 28.4. The van der Waals surface area contributed by atoms with E-state index in [0.717, 1.165) is 6.20 Å². The van der Waals surface area contributed by atoms with E-state index in [-0.39, 0.29) is 11.4 Å². The number of carbonyl (C=O) groups is 1. The van der Waals surface area contributed by atoms with E-state index in [4.69, 9.17) is 16.7 Å². The molecule has 0 aliphatic carbocycles. The smallest absolute Gasteiger partial charge is 0.356 e. The predicted octanol–water partition coefficient (Wildman–Crippen LogP) is 1.79. The van der Waals surface area contributed by atoms with Crippen molar-refractivity contribution in [2.75, 3.05) is 0 Å². The predicted molar refractivity (Wildman–Crippen MR) is 62.3 cm³/mol. The molecule has 0 radical (unpaired) electrons. The fraction of sp³-hybridized carbons (Fsp3) is 0. The number of hydrogen-bond acceptors (Lipinski definition) is 3. The molecule has 0 aliphatic rings. The van der Waals surface area contributed by atoms with Gasteiger partial charge in [0, 0.05) is 16.8 Å². The van der Waals surface area contributed by atoms with E-state index in [0.29, 0.717) is 10.6 Å². The standard InChI is InChI=1S/C11H7ClN2O3/c12-7-3-1-2-6(4-7)9-10(15)13-5-8(14-9)11(16)17/h1-5H,(H,13,15)(H,16,17). The molecule has 0 saturated heterocycles. The van der Waals surface area contributed by atoms with Crippen LogP contribution in [-0.2, 0) is 0 Å². The van der Waals surface area contributed by atoms with Gasteiger partial charge in [0.25, 0.3) is 5.56 Å². The lowest BCUT2D eigenvalue weighted by molar-refractivity contribution is 0.0690. The molecule has 2 N–H and O–H groups in total. The number of nitrogens with zero attached hydrogens (tertiary/aromatic N) is 1. The van der Waals surface area contributed by atoms with Gasteiger partial charge in [0.2, 0.25) is 0 Å². The van der Waals surface area contributed by atoms with Gasteiger partial charge in [-0.05, 0) is 12.1 Å². The molecule has 6 heteroatoms. The molecule has 17 heavy (non-hydrogen) atoms. The van der Waals surface area contributed by atoms with Gasteiger partial charge in [0.05, 0.1) is 0 Å². The minimum absolute atomic E-state index is 0.0346. The highest BCUT2D eigenvalue weighted by molar-refractivity contribution is 6.30. The number of aromatic carboxylic acids is 1. The molecule has 0 atom stereocenters. The second-order valence-electron chi connectivity index (χ2n) is 3.28. The maximum Gasteiger partial charge on any atom is 0.356 e. The fourth-order valence-electron chi connectivity index (χ4n) is 1.35. The van der Waals surface area contributed by atoms with Crippen molar-refractivity contribution in [1.29, 1.82) is 0 Å². The van der Waals surface area contributed by atoms with Crippen molar-refractivity contribution in [3.05, 3.63) is 51.5 Å². The van der Waals surface area contributed by atoms with Crippen LogP contribution in [0.1, 0.15) is 10.5 Å². The van der Waals surface area contributed by atoms with Gasteiger partial charge < -0.3 is 10.1 Å². The second kappa shape index (κ2) is 4.39. The van der Waals surface area contributed by atoms with E-state index < -0.39 is 11.5 Å². The van der Waals surface area contributed by atoms with E-state index in [2.05, 4.69) is 9.97 Å². The molecule has 0 aliphatic heterocycles. The third-order valence-electron chi connectivity index (χ3n) is 2.10. The van der Waals surface area contributed by atoms with Crippen molar-refractivity contribution in [2.24, 2.45) is 0 Å². The van der Waals surface area contributed by atoms with E-state index in [1.54, 1.807) is 24.3 Å². The lowest BCUT2D eigenvalue weighted by Crippen LogP contribution is -2.14. The molecule has 0 spiro atoms. The Hall–Kier alpha value is -2.14. The Labute approximate surface area is 101 Å². The van der Waals surface area contributed by atoms with E-state index >= 15 is 0 Å². The van der Waals surface area contributed by atoms with Crippen molar-refractivity contribution in [1.82, 2.24) is 9.97 Å². The van der Waals surface area contributed by atoms with Gasteiger partial charge in [-0.15, -0.1) is 0 Å². The molecule has 1 aromatic heterocycles. The summed E-state index contributed by atoms with van der Waals surface area (Å²) in [6, 6.07) is 6.49. The minimum Gasteiger partial charge on any atom is -0.476 e. The first-order chi connectivity index (χ1) is 8.08. The first-order valence-electron chi connectivity index (χ1n) is 4.67. The molecular weight excluding hydrogens is 244 g/mol. The molecule has 0 bridgehead atoms. The SMILES string of the molecule is O=C(O)c1c[nH]c(=O)c(-c2cccc(Cl)c2)n1. The Bertz CT molecular complexity index is 637. The quantitative estimate of drug-likeness (QED) is 0.851. The minimum atomic E-state index is -1.20. The molecule has 1 heterocycles. The Morgan fingerprint density at radius 1 is 1.41 bits per heavy atom. The van der Waals surface area contributed by atoms with Crippen LogP contribution in [-0.4, -0.2) is 21.0 Å². The Morgan fingerprint density at radius 3 is 2.82 bits per heavy atom. The van der Waals surface area contributed by atoms with Gasteiger partial charge in [-0.3, -0.25) is 4.79 Å². The van der Waals surface area contributed by atoms with Crippen molar-refractivity contribution in [3.8, 4) is 11.3 Å². The molecule has 2 aromatic rings. The molecule has 86 valence electrons. The highest BCUT2D eigenvalue weighted by Crippen LogP contribution is 2.18. The Morgan fingerprint density at radius 2 is 2.18 bits per heavy atom. The van der Waals surface area contributed by atoms with E-state index in [1.807, 2.05) is 0 Å². The summed E-state index contributed by atoms with van der Waals surface area (Å²) in [5.41, 5.74) is -0.175. The number of halogens is 1. The summed E-state index contributed by atoms with van der Waals surface area (Å²) in [5, 5.41) is 9.24. The van der Waals surface area contributed by atoms with Crippen molar-refractivity contribution in [2.45, 2.75) is 0 Å². The fourth-order valence-corrected chi connectivity index (χ4v) is 1.54. The second-order valence-corrected chi connectivity index (χ2v) is 3.72. The number of nitrogens with one attached hydrogen (secondary N) is 1. The molecule has 2 rings (SSSR count). The summed E-state index contributed by atoms with van der Waals surface area (Å²) < 4.78 is 0. The van der Waals surface area contributed by atoms with Crippen LogP contribution < -0.4 is 5.56 Å². The highest BCUT2D eigenvalue weighted by atomic mass is 35.5. The molecular formula is C11H7ClN2O3. The number of carboxylic acid groups (broad SMARTS) is 1. The number of aromatic nitrogens is 2. The summed E-state index contributed by atoms with van der Waals surface area (Å²) in [6.07, 6.45) is 1.05. The van der Waals surface area contributed by atoms with Crippen LogP contribution in [0, 0.1) is 0 Å². The average Bonchev–Trinajstić information content (AvgIpc) is 2.29. The van der Waals surface area contributed by atoms with Crippen molar-refractivity contribution < 1.29 is 9.90 Å². The normalized spacial score (nSPS) is 10.2. The number of carboxylic acids is 1. The van der Waals surface area contributed by atoms with Gasteiger partial charge in [0.15, 0.2) is 5.69 Å². The summed E-state index contributed by atoms with van der Waals surface area (Å²) >= 11 is 5.79. The van der Waals surface area contributed by atoms with Gasteiger partial charge in [-0.2, -0.15) is 0 Å². The maximum absolute atomic E-state index is 11.6. The van der Waals surface area contributed by atoms with Crippen LogP contribution in [0.15, 0.2) is 35.3 Å². The number of hydrogen-bond donors (Lipinski definition) is 2. The highest BCUT2D eigenvalue weighted by Gasteiger charge is 2.11. The van der Waals surface area contributed by atoms with Gasteiger partial charge in [0.1, 0.15) is 5.69 Å². The van der Waals surface area contributed by atoms with Crippen LogP contribution >= 0.6 is 11.6 Å². The summed E-state index contributed by atoms with van der Waals surface area (Å²) in [6.45, 7) is 0. The number of benzene rings is 1. The largest absolute Gasteiger partial charge is 0.476 e. The number of rotatable bonds is 2. The third-order valence-corrected chi connectivity index (χ3v) is 2.34. The van der Waals surface area contributed by atoms with Crippen LogP contribution in [0.2, 0.25) is 5.02 Å². The zero-order chi connectivity index (χ0) is 12.4.